The number of aromatic nitrogens is 4. The smallest absolute Gasteiger partial charge is 0.319 e. The van der Waals surface area contributed by atoms with Crippen LogP contribution in [0.5, 0.6) is 17.5 Å². The first kappa shape index (κ1) is 26.3. The summed E-state index contributed by atoms with van der Waals surface area (Å²) in [5.74, 6) is 2.33. The summed E-state index contributed by atoms with van der Waals surface area (Å²) in [5.41, 5.74) is 4.78. The van der Waals surface area contributed by atoms with Crippen LogP contribution in [-0.4, -0.2) is 90.2 Å². The van der Waals surface area contributed by atoms with Gasteiger partial charge in [-0.1, -0.05) is 6.07 Å². The lowest BCUT2D eigenvalue weighted by molar-refractivity contribution is 0.188. The number of methoxy groups -OCH3 is 1. The van der Waals surface area contributed by atoms with Crippen molar-refractivity contribution in [2.75, 3.05) is 51.8 Å². The molecule has 216 valence electrons. The van der Waals surface area contributed by atoms with Crippen molar-refractivity contribution in [1.82, 2.24) is 30.4 Å². The van der Waals surface area contributed by atoms with Gasteiger partial charge in [-0.05, 0) is 70.8 Å². The summed E-state index contributed by atoms with van der Waals surface area (Å²) in [4.78, 5) is 14.9. The second-order valence-electron chi connectivity index (χ2n) is 11.7. The Morgan fingerprint density at radius 2 is 1.95 bits per heavy atom. The molecule has 10 heteroatoms. The summed E-state index contributed by atoms with van der Waals surface area (Å²) in [6.07, 6.45) is 6.39. The number of nitrogens with one attached hydrogen (secondary N) is 2. The number of H-pyrrole nitrogens is 1. The number of nitrogens with zero attached hydrogens (tertiary/aromatic N) is 5. The zero-order valence-electron chi connectivity index (χ0n) is 24.4. The average Bonchev–Trinajstić information content (AvgIpc) is 3.50. The highest BCUT2D eigenvalue weighted by Gasteiger charge is 2.32. The van der Waals surface area contributed by atoms with Crippen LogP contribution in [0.15, 0.2) is 24.4 Å². The Kier molecular flexibility index (Phi) is 6.83. The highest BCUT2D eigenvalue weighted by Crippen LogP contribution is 2.50. The molecule has 2 N–H and O–H groups in total. The van der Waals surface area contributed by atoms with Crippen molar-refractivity contribution in [3.05, 3.63) is 30.0 Å². The Morgan fingerprint density at radius 1 is 1.07 bits per heavy atom. The van der Waals surface area contributed by atoms with E-state index in [2.05, 4.69) is 64.4 Å². The van der Waals surface area contributed by atoms with E-state index in [0.29, 0.717) is 18.7 Å². The van der Waals surface area contributed by atoms with E-state index in [1.165, 1.54) is 6.42 Å². The van der Waals surface area contributed by atoms with E-state index < -0.39 is 0 Å². The van der Waals surface area contributed by atoms with Gasteiger partial charge >= 0.3 is 6.01 Å². The molecule has 0 spiro atoms. The predicted molar refractivity (Wildman–Crippen MR) is 160 cm³/mol. The van der Waals surface area contributed by atoms with Gasteiger partial charge in [-0.2, -0.15) is 15.1 Å². The molecule has 2 aromatic carbocycles. The molecular formula is C31H39N7O3. The van der Waals surface area contributed by atoms with Gasteiger partial charge in [0.25, 0.3) is 0 Å². The molecule has 4 heterocycles. The normalized spacial score (nSPS) is 21.6. The molecule has 3 fully saturated rings. The quantitative estimate of drug-likeness (QED) is 0.328. The van der Waals surface area contributed by atoms with E-state index in [4.69, 9.17) is 24.2 Å². The maximum absolute atomic E-state index is 6.77. The van der Waals surface area contributed by atoms with Gasteiger partial charge in [0.2, 0.25) is 0 Å². The first-order chi connectivity index (χ1) is 20.0. The van der Waals surface area contributed by atoms with Gasteiger partial charge < -0.3 is 29.3 Å². The molecule has 0 radical (unpaired) electrons. The SMILES string of the molecule is COc1cc2c(N3CCNC[C@@H]3C)nc(OC[C@@H]3CCCN3C)nc2c(OC2CC2)c1-c1c(C)ccc2[nH]ncc12. The van der Waals surface area contributed by atoms with E-state index in [0.717, 1.165) is 101 Å². The summed E-state index contributed by atoms with van der Waals surface area (Å²) in [6.45, 7) is 8.62. The maximum Gasteiger partial charge on any atom is 0.319 e. The molecule has 10 nitrogen and oxygen atoms in total. The third kappa shape index (κ3) is 4.82. The number of anilines is 1. The molecule has 2 aliphatic heterocycles. The lowest BCUT2D eigenvalue weighted by Crippen LogP contribution is -2.50. The lowest BCUT2D eigenvalue weighted by atomic mass is 9.94. The first-order valence-corrected chi connectivity index (χ1v) is 14.8. The molecule has 1 saturated carbocycles. The van der Waals surface area contributed by atoms with E-state index in [-0.39, 0.29) is 12.1 Å². The third-order valence-electron chi connectivity index (χ3n) is 8.83. The average molecular weight is 558 g/mol. The number of benzene rings is 2. The van der Waals surface area contributed by atoms with Crippen molar-refractivity contribution in [3.63, 3.8) is 0 Å². The molecule has 2 atom stereocenters. The summed E-state index contributed by atoms with van der Waals surface area (Å²) in [6, 6.07) is 7.28. The summed E-state index contributed by atoms with van der Waals surface area (Å²) < 4.78 is 19.3. The van der Waals surface area contributed by atoms with Gasteiger partial charge in [0, 0.05) is 42.7 Å². The van der Waals surface area contributed by atoms with Crippen LogP contribution in [0.2, 0.25) is 0 Å². The fraction of sp³-hybridized carbons (Fsp3) is 0.516. The van der Waals surface area contributed by atoms with Crippen molar-refractivity contribution >= 4 is 27.6 Å². The van der Waals surface area contributed by atoms with Gasteiger partial charge in [-0.3, -0.25) is 5.10 Å². The van der Waals surface area contributed by atoms with E-state index >= 15 is 0 Å². The molecule has 3 aliphatic rings. The zero-order valence-corrected chi connectivity index (χ0v) is 24.4. The van der Waals surface area contributed by atoms with Gasteiger partial charge in [0.15, 0.2) is 5.75 Å². The van der Waals surface area contributed by atoms with Crippen molar-refractivity contribution in [1.29, 1.82) is 0 Å². The highest BCUT2D eigenvalue weighted by atomic mass is 16.5. The molecule has 4 aromatic rings. The van der Waals surface area contributed by atoms with Gasteiger partial charge in [0.05, 0.1) is 35.9 Å². The van der Waals surface area contributed by atoms with Gasteiger partial charge in [-0.25, -0.2) is 0 Å². The van der Waals surface area contributed by atoms with Crippen molar-refractivity contribution in [2.24, 2.45) is 0 Å². The molecule has 2 saturated heterocycles. The van der Waals surface area contributed by atoms with E-state index in [1.54, 1.807) is 7.11 Å². The Bertz CT molecular complexity index is 1580. The lowest BCUT2D eigenvalue weighted by Gasteiger charge is -2.35. The Labute approximate surface area is 240 Å². The summed E-state index contributed by atoms with van der Waals surface area (Å²) in [7, 11) is 3.88. The van der Waals surface area contributed by atoms with Crippen LogP contribution < -0.4 is 24.4 Å². The minimum Gasteiger partial charge on any atom is -0.496 e. The summed E-state index contributed by atoms with van der Waals surface area (Å²) >= 11 is 0. The molecule has 7 rings (SSSR count). The minimum absolute atomic E-state index is 0.154. The van der Waals surface area contributed by atoms with Crippen LogP contribution in [0.4, 0.5) is 5.82 Å². The minimum atomic E-state index is 0.154. The second kappa shape index (κ2) is 10.6. The number of hydrogen-bond donors (Lipinski definition) is 2. The van der Waals surface area contributed by atoms with E-state index in [9.17, 15) is 0 Å². The van der Waals surface area contributed by atoms with Crippen molar-refractivity contribution in [3.8, 4) is 28.6 Å². The maximum atomic E-state index is 6.77. The fourth-order valence-corrected chi connectivity index (χ4v) is 6.30. The number of likely N-dealkylation sites (tertiary alicyclic amines) is 1. The largest absolute Gasteiger partial charge is 0.496 e. The van der Waals surface area contributed by atoms with E-state index in [1.807, 2.05) is 6.20 Å². The van der Waals surface area contributed by atoms with Crippen molar-refractivity contribution in [2.45, 2.75) is 57.7 Å². The zero-order chi connectivity index (χ0) is 28.1. The third-order valence-corrected chi connectivity index (χ3v) is 8.83. The van der Waals surface area contributed by atoms with Crippen LogP contribution in [0.3, 0.4) is 0 Å². The number of ether oxygens (including phenoxy) is 3. The number of likely N-dealkylation sites (N-methyl/N-ethyl adjacent to an activating group) is 1. The monoisotopic (exact) mass is 557 g/mol. The number of fused-ring (bicyclic) bond motifs is 2. The standard InChI is InChI=1S/C31H39N7O3/c1-18-7-10-24-23(16-33-36-24)26(18)27-25(39-4)14-22-28(29(27)41-21-8-9-21)34-31(40-17-20-6-5-12-37(20)3)35-30(22)38-13-11-32-15-19(38)2/h7,10,14,16,19-21,32H,5-6,8-9,11-13,15,17H2,1-4H3,(H,33,36)/t19-,20-/m0/s1. The van der Waals surface area contributed by atoms with Crippen LogP contribution in [-0.2, 0) is 0 Å². The number of rotatable bonds is 8. The topological polar surface area (TPSA) is 101 Å². The van der Waals surface area contributed by atoms with Gasteiger partial charge in [-0.15, -0.1) is 0 Å². The van der Waals surface area contributed by atoms with Crippen LogP contribution >= 0.6 is 0 Å². The Balaban J connectivity index is 1.47. The van der Waals surface area contributed by atoms with Crippen LogP contribution in [0, 0.1) is 6.92 Å². The number of aromatic amines is 1. The summed E-state index contributed by atoms with van der Waals surface area (Å²) in [5, 5.41) is 12.9. The predicted octanol–water partition coefficient (Wildman–Crippen LogP) is 4.30. The first-order valence-electron chi connectivity index (χ1n) is 14.8. The van der Waals surface area contributed by atoms with Crippen LogP contribution in [0.25, 0.3) is 32.9 Å². The Morgan fingerprint density at radius 3 is 2.71 bits per heavy atom. The molecule has 0 unspecified atom stereocenters. The molecule has 1 aliphatic carbocycles. The molecular weight excluding hydrogens is 518 g/mol. The van der Waals surface area contributed by atoms with Crippen molar-refractivity contribution < 1.29 is 14.2 Å². The second-order valence-corrected chi connectivity index (χ2v) is 11.7. The number of hydrogen-bond acceptors (Lipinski definition) is 9. The number of aryl methyl sites for hydroxylation is 1. The molecule has 2 aromatic heterocycles. The molecule has 0 bridgehead atoms. The fourth-order valence-electron chi connectivity index (χ4n) is 6.30. The van der Waals surface area contributed by atoms with Gasteiger partial charge in [0.1, 0.15) is 23.7 Å². The highest BCUT2D eigenvalue weighted by molar-refractivity contribution is 6.06. The molecule has 0 amide bonds. The molecule has 41 heavy (non-hydrogen) atoms. The number of piperazine rings is 1. The Hall–Kier alpha value is -3.63. The van der Waals surface area contributed by atoms with Crippen LogP contribution in [0.1, 0.15) is 38.2 Å².